The van der Waals surface area contributed by atoms with Gasteiger partial charge in [-0.3, -0.25) is 39.0 Å². The van der Waals surface area contributed by atoms with Crippen molar-refractivity contribution in [2.75, 3.05) is 17.4 Å². The summed E-state index contributed by atoms with van der Waals surface area (Å²) in [5, 5.41) is 3.77. The summed E-state index contributed by atoms with van der Waals surface area (Å²) in [4.78, 5) is 91.5. The number of hydrogen-bond acceptors (Lipinski definition) is 16. The molecule has 13 aromatic rings. The average Bonchev–Trinajstić information content (AvgIpc) is 1.96. The maximum absolute atomic E-state index is 11.4. The summed E-state index contributed by atoms with van der Waals surface area (Å²) in [7, 11) is 0. The molecule has 2 aliphatic heterocycles. The fourth-order valence-electron chi connectivity index (χ4n) is 7.80. The summed E-state index contributed by atoms with van der Waals surface area (Å²) in [5.41, 5.74) is 18.0. The number of nitrogen functional groups attached to an aromatic ring is 1. The number of rotatable bonds is 4. The van der Waals surface area contributed by atoms with Crippen molar-refractivity contribution in [1.82, 2.24) is 71.9 Å². The number of thioether (sulfide) groups is 2. The number of pyridine rings is 7. The van der Waals surface area contributed by atoms with Gasteiger partial charge in [0.25, 0.3) is 16.4 Å². The molecule has 0 aliphatic carbocycles. The molecule has 15 rings (SSSR count). The number of nitrogens with one attached hydrogen (secondary N) is 2. The first-order valence-electron chi connectivity index (χ1n) is 27.1. The molecule has 0 spiro atoms. The van der Waals surface area contributed by atoms with E-state index in [9.17, 15) is 24.0 Å². The fourth-order valence-corrected chi connectivity index (χ4v) is 10.8. The number of hydrogen-bond donors (Lipinski definition) is 3. The van der Waals surface area contributed by atoms with E-state index in [0.717, 1.165) is 119 Å². The molecule has 13 aromatic heterocycles. The van der Waals surface area contributed by atoms with E-state index in [1.165, 1.54) is 0 Å². The van der Waals surface area contributed by atoms with E-state index in [1.807, 2.05) is 184 Å². The van der Waals surface area contributed by atoms with Crippen molar-refractivity contribution in [3.63, 3.8) is 0 Å². The largest absolute Gasteiger partial charge is 0.384 e. The molecule has 22 nitrogen and oxygen atoms in total. The molecule has 0 radical (unpaired) electrons. The van der Waals surface area contributed by atoms with Crippen molar-refractivity contribution in [2.24, 2.45) is 0 Å². The maximum atomic E-state index is 11.4. The Bertz CT molecular complexity index is 4620. The summed E-state index contributed by atoms with van der Waals surface area (Å²) < 4.78 is 17.2. The first-order valence-corrected chi connectivity index (χ1v) is 33.7. The molecule has 476 valence electrons. The number of nitrogens with two attached hydrogens (primary N) is 1. The van der Waals surface area contributed by atoms with Gasteiger partial charge in [-0.05, 0) is 228 Å². The molecule has 4 N–H and O–H groups in total. The van der Waals surface area contributed by atoms with Gasteiger partial charge in [-0.25, -0.2) is 34.9 Å². The van der Waals surface area contributed by atoms with E-state index in [-0.39, 0.29) is 28.2 Å². The van der Waals surface area contributed by atoms with Gasteiger partial charge >= 0.3 is 0 Å². The van der Waals surface area contributed by atoms with E-state index in [4.69, 9.17) is 22.1 Å². The molecule has 0 aromatic carbocycles. The summed E-state index contributed by atoms with van der Waals surface area (Å²) >= 11 is 22.4. The standard InChI is InChI=1S/C12H9N3O2S.C10H10N2.C9H8N2O.C8H7BrN2.C7H4BrIN2.C7H5BrN2.C5H5BrN2.C3H3NO2S.C2H3ClO/c1-7-5-13-10-3-2-8(6-15(7)10)4-9-11(16)14-12(17)18-9;1-3-9-4-5-10-11-6-8(2)12(10)7-9;1-7-4-10-9-3-2-8(6-12)5-11(7)9;1-6-4-10-8-3-2-7(9)5-11(6)8;8-5-1-2-7-10-3-6(9)11(7)4-5;8-6-1-2-7-9-3-4-10(7)5-6;6-4-1-2-5(7)8-3-4;5-2-1-7-3(6)4-2;3-1-2-4/h2-6H,1H3,(H,14,16,17);3-7H,1H2,2H3;2-6H,1H3;2-5H,1H3;1-4H;1-5H;1-3H,(H2,7,8);1H2,(H,4,5,6);2H,1H2/b9-4-;;;;;;;;. The quantitative estimate of drug-likeness (QED) is 0.0639. The Hall–Kier alpha value is -8.17. The number of nitrogens with zero attached hydrogens (tertiary/aromatic N) is 13. The molecular weight excluding hydrogens is 1620 g/mol. The van der Waals surface area contributed by atoms with Crippen LogP contribution in [0.15, 0.2) is 201 Å². The van der Waals surface area contributed by atoms with Gasteiger partial charge < -0.3 is 32.5 Å². The molecule has 2 aliphatic rings. The molecule has 30 heteroatoms. The van der Waals surface area contributed by atoms with Crippen LogP contribution in [-0.4, -0.2) is 108 Å². The number of carbonyl (C=O) groups is 6. The highest BCUT2D eigenvalue weighted by Gasteiger charge is 2.25. The van der Waals surface area contributed by atoms with E-state index in [2.05, 4.69) is 143 Å². The number of alkyl halides is 1. The predicted molar refractivity (Wildman–Crippen MR) is 390 cm³/mol. The lowest BCUT2D eigenvalue weighted by molar-refractivity contribution is -0.117. The first kappa shape index (κ1) is 72.3. The van der Waals surface area contributed by atoms with Crippen molar-refractivity contribution in [3.8, 4) is 0 Å². The van der Waals surface area contributed by atoms with Gasteiger partial charge in [-0.15, -0.1) is 11.6 Å². The number of fused-ring (bicyclic) bond motifs is 6. The van der Waals surface area contributed by atoms with Gasteiger partial charge in [-0.1, -0.05) is 24.4 Å². The van der Waals surface area contributed by atoms with Crippen molar-refractivity contribution < 1.29 is 28.8 Å². The van der Waals surface area contributed by atoms with Gasteiger partial charge in [0.15, 0.2) is 6.29 Å². The molecule has 15 heterocycles. The third-order valence-corrected chi connectivity index (χ3v) is 16.7. The summed E-state index contributed by atoms with van der Waals surface area (Å²) in [5.74, 6) is 0.425. The van der Waals surface area contributed by atoms with Gasteiger partial charge in [0.1, 0.15) is 49.7 Å². The van der Waals surface area contributed by atoms with Crippen LogP contribution in [0.1, 0.15) is 44.3 Å². The number of imidazole rings is 6. The van der Waals surface area contributed by atoms with Crippen LogP contribution in [0.25, 0.3) is 46.0 Å². The maximum Gasteiger partial charge on any atom is 0.290 e. The van der Waals surface area contributed by atoms with E-state index < -0.39 is 0 Å². The third-order valence-electron chi connectivity index (χ3n) is 12.3. The van der Waals surface area contributed by atoms with Crippen LogP contribution in [0.4, 0.5) is 15.4 Å². The highest BCUT2D eigenvalue weighted by atomic mass is 127. The summed E-state index contributed by atoms with van der Waals surface area (Å²) in [6, 6.07) is 26.8. The van der Waals surface area contributed by atoms with Crippen LogP contribution in [0.5, 0.6) is 0 Å². The lowest BCUT2D eigenvalue weighted by atomic mass is 10.2. The number of carbonyl (C=O) groups excluding carboxylic acids is 6. The lowest BCUT2D eigenvalue weighted by Crippen LogP contribution is -2.18. The molecule has 0 bridgehead atoms. The fraction of sp³-hybridized carbons (Fsp3) is 0.0952. The molecule has 93 heavy (non-hydrogen) atoms. The second kappa shape index (κ2) is 35.8. The summed E-state index contributed by atoms with van der Waals surface area (Å²) in [6.45, 7) is 11.7. The Morgan fingerprint density at radius 3 is 1.45 bits per heavy atom. The van der Waals surface area contributed by atoms with Crippen LogP contribution in [-0.2, 0) is 14.4 Å². The van der Waals surface area contributed by atoms with Gasteiger partial charge in [0, 0.05) is 127 Å². The van der Waals surface area contributed by atoms with Crippen LogP contribution < -0.4 is 16.4 Å². The summed E-state index contributed by atoms with van der Waals surface area (Å²) in [6.07, 6.45) is 31.2. The highest BCUT2D eigenvalue weighted by Crippen LogP contribution is 2.26. The smallest absolute Gasteiger partial charge is 0.290 e. The molecule has 4 amide bonds. The Morgan fingerprint density at radius 1 is 0.548 bits per heavy atom. The number of aryl methyl sites for hydroxylation is 4. The average molecular weight is 1680 g/mol. The molecular formula is C63H54Br4ClIN16O6S2. The Labute approximate surface area is 592 Å². The SMILES string of the molecule is Brc1ccc2ncc(I)n2c1.Brc1ccc2nccn2c1.C=Cc1ccc2ncc(C)n2c1.Cc1cnc2ccc(/C=C3\SC(=O)NC3=O)cn12.Cc1cnc2ccc(Br)cn12.Cc1cnc2ccc(C=O)cn12.Nc1ccc(Br)cn1.O=C1CSC(=O)N1.O=CCCl. The molecule has 0 unspecified atom stereocenters. The zero-order valence-corrected chi connectivity index (χ0v) is 60.4. The molecule has 2 saturated heterocycles. The van der Waals surface area contributed by atoms with Crippen molar-refractivity contribution >= 4 is 208 Å². The highest BCUT2D eigenvalue weighted by molar-refractivity contribution is 14.1. The molecule has 2 fully saturated rings. The monoisotopic (exact) mass is 1670 g/mol. The van der Waals surface area contributed by atoms with Crippen LogP contribution >= 0.6 is 121 Å². The minimum absolute atomic E-state index is 0.111. The first-order chi connectivity index (χ1) is 44.6. The number of imide groups is 2. The third kappa shape index (κ3) is 21.7. The van der Waals surface area contributed by atoms with Gasteiger partial charge in [0.2, 0.25) is 5.91 Å². The lowest BCUT2D eigenvalue weighted by Gasteiger charge is -1.99. The normalized spacial score (nSPS) is 12.3. The van der Waals surface area contributed by atoms with E-state index >= 15 is 0 Å². The minimum atomic E-state index is -0.340. The van der Waals surface area contributed by atoms with E-state index in [1.54, 1.807) is 49.2 Å². The minimum Gasteiger partial charge on any atom is -0.384 e. The predicted octanol–water partition coefficient (Wildman–Crippen LogP) is 14.7. The topological polar surface area (TPSA) is 269 Å². The number of amides is 4. The van der Waals surface area contributed by atoms with Crippen LogP contribution in [0.3, 0.4) is 0 Å². The zero-order valence-electron chi connectivity index (χ0n) is 49.5. The van der Waals surface area contributed by atoms with Crippen LogP contribution in [0, 0.1) is 31.4 Å². The van der Waals surface area contributed by atoms with Crippen molar-refractivity contribution in [1.29, 1.82) is 0 Å². The number of aldehydes is 2. The van der Waals surface area contributed by atoms with Gasteiger partial charge in [0.05, 0.1) is 22.7 Å². The van der Waals surface area contributed by atoms with Crippen LogP contribution in [0.2, 0.25) is 0 Å². The number of aromatic nitrogens is 13. The Balaban J connectivity index is 0.000000151. The second-order valence-corrected chi connectivity index (χ2v) is 26.0. The van der Waals surface area contributed by atoms with Crippen molar-refractivity contribution in [2.45, 2.75) is 27.7 Å². The number of anilines is 1. The molecule has 0 saturated carbocycles. The Morgan fingerprint density at radius 2 is 1.00 bits per heavy atom. The van der Waals surface area contributed by atoms with Crippen molar-refractivity contribution in [3.05, 3.63) is 244 Å². The Kier molecular flexibility index (Phi) is 27.8. The van der Waals surface area contributed by atoms with Gasteiger partial charge in [-0.2, -0.15) is 0 Å². The molecule has 0 atom stereocenters. The number of halogens is 6. The second-order valence-electron chi connectivity index (χ2n) is 19.0. The van der Waals surface area contributed by atoms with E-state index in [0.29, 0.717) is 28.3 Å². The zero-order chi connectivity index (χ0) is 67.1.